The molecule has 53 heavy (non-hydrogen) atoms. The van der Waals surface area contributed by atoms with Gasteiger partial charge in [-0.15, -0.1) is 0 Å². The predicted octanol–water partition coefficient (Wildman–Crippen LogP) is 7.23. The summed E-state index contributed by atoms with van der Waals surface area (Å²) in [6.45, 7) is 13.6. The number of benzene rings is 1. The summed E-state index contributed by atoms with van der Waals surface area (Å²) in [6.07, 6.45) is 9.90. The average Bonchev–Trinajstić information content (AvgIpc) is 4.04. The van der Waals surface area contributed by atoms with Gasteiger partial charge in [-0.1, -0.05) is 46.2 Å². The van der Waals surface area contributed by atoms with Crippen LogP contribution in [0.15, 0.2) is 29.2 Å². The number of hydrogen-bond acceptors (Lipinski definition) is 8. The van der Waals surface area contributed by atoms with Crippen molar-refractivity contribution in [2.45, 2.75) is 141 Å². The Morgan fingerprint density at radius 2 is 1.72 bits per heavy atom. The van der Waals surface area contributed by atoms with Crippen LogP contribution in [0.5, 0.6) is 0 Å². The maximum atomic E-state index is 13.0. The zero-order valence-electron chi connectivity index (χ0n) is 32.2. The molecule has 0 radical (unpaired) electrons. The topological polar surface area (TPSA) is 112 Å². The van der Waals surface area contributed by atoms with Crippen LogP contribution in [-0.2, 0) is 33.3 Å². The Hall–Kier alpha value is -1.27. The molecular formula is C42H60ClNO8S. The van der Waals surface area contributed by atoms with Gasteiger partial charge in [-0.2, -0.15) is 8.42 Å². The number of carbonyl (C=O) groups excluding carboxylic acids is 1. The van der Waals surface area contributed by atoms with Crippen LogP contribution < -0.4 is 0 Å². The summed E-state index contributed by atoms with van der Waals surface area (Å²) < 4.78 is 51.3. The molecule has 9 nitrogen and oxygen atoms in total. The largest absolute Gasteiger partial charge is 0.390 e. The third-order valence-corrected chi connectivity index (χ3v) is 18.7. The van der Waals surface area contributed by atoms with Gasteiger partial charge >= 0.3 is 0 Å². The third-order valence-electron chi connectivity index (χ3n) is 17.2. The van der Waals surface area contributed by atoms with E-state index in [0.29, 0.717) is 55.3 Å². The van der Waals surface area contributed by atoms with Crippen LogP contribution in [-0.4, -0.2) is 81.3 Å². The van der Waals surface area contributed by atoms with Crippen LogP contribution in [0.2, 0.25) is 5.02 Å². The molecule has 2 spiro atoms. The second-order valence-corrected chi connectivity index (χ2v) is 21.8. The first-order valence-electron chi connectivity index (χ1n) is 20.6. The lowest BCUT2D eigenvalue weighted by Gasteiger charge is -2.64. The number of rotatable bonds is 8. The van der Waals surface area contributed by atoms with Crippen molar-refractivity contribution in [3.05, 3.63) is 29.3 Å². The number of halogens is 1. The fourth-order valence-electron chi connectivity index (χ4n) is 14.4. The van der Waals surface area contributed by atoms with E-state index < -0.39 is 22.3 Å². The van der Waals surface area contributed by atoms with E-state index in [2.05, 4.69) is 34.6 Å². The zero-order valence-corrected chi connectivity index (χ0v) is 33.8. The van der Waals surface area contributed by atoms with Gasteiger partial charge in [-0.05, 0) is 140 Å². The standard InChI is InChI=1S/C42H60ClNO8S/c1-25-20-28(23-50-53(47,48)29-10-8-27(43)9-11-29)51-36-35(25)39(4)16-17-42-24-41(42)15-14-32(38(2,3)30(41)12-13-31(42)40(39,5)37(36)46)52-34-22-44(18-19-49-34)33(45)21-26-6-7-26/h8-11,25-26,28,30-32,34-37,46H,6-7,12-24H2,1-5H3. The number of morpholine rings is 1. The van der Waals surface area contributed by atoms with Gasteiger partial charge in [0.2, 0.25) is 5.91 Å². The minimum atomic E-state index is -3.97. The van der Waals surface area contributed by atoms with Crippen molar-refractivity contribution < 1.29 is 36.7 Å². The van der Waals surface area contributed by atoms with Gasteiger partial charge in [0.25, 0.3) is 10.1 Å². The minimum Gasteiger partial charge on any atom is -0.390 e. The molecule has 0 aromatic heterocycles. The molecule has 1 aromatic carbocycles. The number of carbonyl (C=O) groups is 1. The molecule has 11 heteroatoms. The molecule has 6 saturated carbocycles. The summed E-state index contributed by atoms with van der Waals surface area (Å²) in [5.74, 6) is 2.23. The molecule has 6 aliphatic carbocycles. The number of nitrogens with zero attached hydrogens (tertiary/aromatic N) is 1. The summed E-state index contributed by atoms with van der Waals surface area (Å²) in [5.41, 5.74) is 0.0549. The summed E-state index contributed by atoms with van der Waals surface area (Å²) in [4.78, 5) is 15.0. The molecule has 1 amide bonds. The van der Waals surface area contributed by atoms with E-state index >= 15 is 0 Å². The second-order valence-electron chi connectivity index (χ2n) is 19.7. The normalized spacial score (nSPS) is 47.1. The fraction of sp³-hybridized carbons (Fsp3) is 0.833. The highest BCUT2D eigenvalue weighted by atomic mass is 35.5. The Morgan fingerprint density at radius 1 is 1.00 bits per heavy atom. The van der Waals surface area contributed by atoms with E-state index in [1.807, 2.05) is 4.90 Å². The summed E-state index contributed by atoms with van der Waals surface area (Å²) in [7, 11) is -3.97. The number of amides is 1. The molecule has 8 fully saturated rings. The van der Waals surface area contributed by atoms with Crippen LogP contribution in [0.1, 0.15) is 105 Å². The van der Waals surface area contributed by atoms with Gasteiger partial charge in [0.1, 0.15) is 0 Å². The maximum Gasteiger partial charge on any atom is 0.297 e. The summed E-state index contributed by atoms with van der Waals surface area (Å²) in [6, 6.07) is 6.01. The number of hydrogen-bond donors (Lipinski definition) is 1. The Balaban J connectivity index is 0.898. The number of fused-ring (bicyclic) bond motifs is 4. The highest BCUT2D eigenvalue weighted by molar-refractivity contribution is 7.86. The molecule has 9 rings (SSSR count). The molecular weight excluding hydrogens is 714 g/mol. The van der Waals surface area contributed by atoms with Crippen LogP contribution in [0, 0.1) is 56.7 Å². The number of ether oxygens (including phenoxy) is 3. The van der Waals surface area contributed by atoms with E-state index in [-0.39, 0.29) is 74.8 Å². The lowest BCUT2D eigenvalue weighted by molar-refractivity contribution is -0.248. The van der Waals surface area contributed by atoms with Gasteiger partial charge in [-0.3, -0.25) is 8.98 Å². The molecule has 13 atom stereocenters. The van der Waals surface area contributed by atoms with Crippen LogP contribution in [0.25, 0.3) is 0 Å². The van der Waals surface area contributed by atoms with Crippen molar-refractivity contribution >= 4 is 27.6 Å². The number of aliphatic hydroxyl groups excluding tert-OH is 1. The highest BCUT2D eigenvalue weighted by Gasteiger charge is 2.84. The van der Waals surface area contributed by atoms with Crippen LogP contribution in [0.4, 0.5) is 0 Å². The number of aliphatic hydroxyl groups is 1. The summed E-state index contributed by atoms with van der Waals surface area (Å²) >= 11 is 5.98. The Labute approximate surface area is 321 Å². The van der Waals surface area contributed by atoms with Gasteiger partial charge in [0, 0.05) is 23.4 Å². The Kier molecular flexibility index (Phi) is 8.88. The predicted molar refractivity (Wildman–Crippen MR) is 199 cm³/mol. The Bertz CT molecular complexity index is 1720. The van der Waals surface area contributed by atoms with E-state index in [4.69, 9.17) is 30.0 Å². The van der Waals surface area contributed by atoms with E-state index in [1.54, 1.807) is 12.1 Å². The molecule has 294 valence electrons. The molecule has 0 bridgehead atoms. The van der Waals surface area contributed by atoms with Crippen molar-refractivity contribution in [2.24, 2.45) is 56.7 Å². The van der Waals surface area contributed by atoms with Gasteiger partial charge < -0.3 is 24.2 Å². The zero-order chi connectivity index (χ0) is 37.3. The van der Waals surface area contributed by atoms with Crippen molar-refractivity contribution in [1.29, 1.82) is 0 Å². The summed E-state index contributed by atoms with van der Waals surface area (Å²) in [5, 5.41) is 13.0. The van der Waals surface area contributed by atoms with Crippen molar-refractivity contribution in [2.75, 3.05) is 26.3 Å². The van der Waals surface area contributed by atoms with Crippen molar-refractivity contribution in [1.82, 2.24) is 4.90 Å². The Morgan fingerprint density at radius 3 is 2.45 bits per heavy atom. The third kappa shape index (κ3) is 5.52. The lowest BCUT2D eigenvalue weighted by atomic mass is 9.41. The first-order chi connectivity index (χ1) is 25.1. The van der Waals surface area contributed by atoms with E-state index in [9.17, 15) is 18.3 Å². The average molecular weight is 774 g/mol. The van der Waals surface area contributed by atoms with Crippen LogP contribution in [0.3, 0.4) is 0 Å². The fourth-order valence-corrected chi connectivity index (χ4v) is 15.4. The molecule has 2 aliphatic heterocycles. The first kappa shape index (κ1) is 37.3. The minimum absolute atomic E-state index is 0.0303. The molecule has 1 aromatic rings. The quantitative estimate of drug-likeness (QED) is 0.276. The van der Waals surface area contributed by atoms with Crippen molar-refractivity contribution in [3.63, 3.8) is 0 Å². The van der Waals surface area contributed by atoms with Gasteiger partial charge in [0.05, 0.1) is 49.1 Å². The SMILES string of the molecule is CC1CC(COS(=O)(=O)c2ccc(Cl)cc2)OC2C1C1(C)CCC34CC35CCC(OC3CN(C(=O)CC6CC6)CCO3)C(C)(C)C5CCC4C1(C)C2O. The first-order valence-corrected chi connectivity index (χ1v) is 22.4. The monoisotopic (exact) mass is 773 g/mol. The molecule has 13 unspecified atom stereocenters. The molecule has 2 saturated heterocycles. The molecule has 2 heterocycles. The lowest BCUT2D eigenvalue weighted by Crippen LogP contribution is -2.60. The molecule has 8 aliphatic rings. The van der Waals surface area contributed by atoms with Crippen molar-refractivity contribution in [3.8, 4) is 0 Å². The van der Waals surface area contributed by atoms with Gasteiger partial charge in [-0.25, -0.2) is 0 Å². The van der Waals surface area contributed by atoms with E-state index in [0.717, 1.165) is 32.1 Å². The van der Waals surface area contributed by atoms with Crippen LogP contribution >= 0.6 is 11.6 Å². The molecule has 1 N–H and O–H groups in total. The maximum absolute atomic E-state index is 13.0. The second kappa shape index (κ2) is 12.6. The van der Waals surface area contributed by atoms with Gasteiger partial charge in [0.15, 0.2) is 6.29 Å². The highest BCUT2D eigenvalue weighted by Crippen LogP contribution is 2.89. The van der Waals surface area contributed by atoms with E-state index in [1.165, 1.54) is 37.8 Å². The smallest absolute Gasteiger partial charge is 0.297 e.